The standard InChI is InChI=1S/C12H13N5/c1-17-12-8-10(4-2-3-7-14-16-13)5-6-11(12)9-15-17/h2,4-6,8-9H,3,7H2,1H3. The molecule has 17 heavy (non-hydrogen) atoms. The van der Waals surface area contributed by atoms with E-state index in [4.69, 9.17) is 5.53 Å². The molecule has 0 radical (unpaired) electrons. The lowest BCUT2D eigenvalue weighted by molar-refractivity contribution is 0.797. The Morgan fingerprint density at radius 3 is 3.24 bits per heavy atom. The van der Waals surface area contributed by atoms with Crippen LogP contribution in [0.3, 0.4) is 0 Å². The van der Waals surface area contributed by atoms with Gasteiger partial charge in [-0.05, 0) is 23.6 Å². The predicted molar refractivity (Wildman–Crippen MR) is 68.4 cm³/mol. The molecule has 0 amide bonds. The van der Waals surface area contributed by atoms with Gasteiger partial charge in [0.05, 0.1) is 11.7 Å². The zero-order chi connectivity index (χ0) is 12.1. The molecule has 0 aliphatic heterocycles. The number of benzene rings is 1. The summed E-state index contributed by atoms with van der Waals surface area (Å²) >= 11 is 0. The SMILES string of the molecule is Cn1ncc2ccc(C=CCCN=[N+]=[N-])cc21. The van der Waals surface area contributed by atoms with Gasteiger partial charge in [-0.1, -0.05) is 29.4 Å². The highest BCUT2D eigenvalue weighted by atomic mass is 15.2. The number of hydrogen-bond acceptors (Lipinski definition) is 2. The molecule has 0 N–H and O–H groups in total. The Morgan fingerprint density at radius 2 is 2.41 bits per heavy atom. The van der Waals surface area contributed by atoms with Gasteiger partial charge in [0.1, 0.15) is 0 Å². The van der Waals surface area contributed by atoms with Gasteiger partial charge in [0.2, 0.25) is 0 Å². The molecule has 0 saturated carbocycles. The monoisotopic (exact) mass is 227 g/mol. The molecule has 0 unspecified atom stereocenters. The summed E-state index contributed by atoms with van der Waals surface area (Å²) in [7, 11) is 1.93. The lowest BCUT2D eigenvalue weighted by Gasteiger charge is -1.96. The van der Waals surface area contributed by atoms with Crippen LogP contribution < -0.4 is 0 Å². The van der Waals surface area contributed by atoms with E-state index in [9.17, 15) is 0 Å². The summed E-state index contributed by atoms with van der Waals surface area (Å²) in [5.41, 5.74) is 10.4. The van der Waals surface area contributed by atoms with Crippen LogP contribution >= 0.6 is 0 Å². The van der Waals surface area contributed by atoms with Crippen molar-refractivity contribution < 1.29 is 0 Å². The number of rotatable bonds is 4. The third-order valence-corrected chi connectivity index (χ3v) is 2.54. The molecule has 0 fully saturated rings. The van der Waals surface area contributed by atoms with Gasteiger partial charge < -0.3 is 0 Å². The molecule has 0 saturated heterocycles. The minimum Gasteiger partial charge on any atom is -0.268 e. The molecule has 5 nitrogen and oxygen atoms in total. The Balaban J connectivity index is 2.13. The van der Waals surface area contributed by atoms with Gasteiger partial charge >= 0.3 is 0 Å². The average Bonchev–Trinajstić information content (AvgIpc) is 2.71. The van der Waals surface area contributed by atoms with Crippen LogP contribution in [-0.4, -0.2) is 16.3 Å². The molecule has 1 heterocycles. The highest BCUT2D eigenvalue weighted by Gasteiger charge is 1.98. The van der Waals surface area contributed by atoms with E-state index in [2.05, 4.69) is 27.3 Å². The first-order valence-corrected chi connectivity index (χ1v) is 5.40. The van der Waals surface area contributed by atoms with Crippen LogP contribution in [0.2, 0.25) is 0 Å². The minimum absolute atomic E-state index is 0.501. The van der Waals surface area contributed by atoms with E-state index in [1.807, 2.05) is 36.1 Å². The Bertz CT molecular complexity index is 590. The molecule has 0 spiro atoms. The molecule has 2 rings (SSSR count). The summed E-state index contributed by atoms with van der Waals surface area (Å²) in [6.07, 6.45) is 6.64. The van der Waals surface area contributed by atoms with E-state index < -0.39 is 0 Å². The molecule has 0 aliphatic rings. The summed E-state index contributed by atoms with van der Waals surface area (Å²) in [5, 5.41) is 8.81. The molecular weight excluding hydrogens is 214 g/mol. The Hall–Kier alpha value is -2.26. The lowest BCUT2D eigenvalue weighted by Crippen LogP contribution is -1.88. The fraction of sp³-hybridized carbons (Fsp3) is 0.250. The number of azide groups is 1. The third kappa shape index (κ3) is 2.65. The van der Waals surface area contributed by atoms with E-state index in [0.29, 0.717) is 6.54 Å². The first kappa shape index (κ1) is 11.2. The summed E-state index contributed by atoms with van der Waals surface area (Å²) in [4.78, 5) is 2.71. The number of fused-ring (bicyclic) bond motifs is 1. The van der Waals surface area contributed by atoms with Gasteiger partial charge in [-0.15, -0.1) is 0 Å². The maximum absolute atomic E-state index is 8.13. The van der Waals surface area contributed by atoms with E-state index in [0.717, 1.165) is 22.9 Å². The minimum atomic E-state index is 0.501. The molecule has 86 valence electrons. The number of hydrogen-bond donors (Lipinski definition) is 0. The van der Waals surface area contributed by atoms with Crippen molar-refractivity contribution in [1.82, 2.24) is 9.78 Å². The quantitative estimate of drug-likeness (QED) is 0.342. The smallest absolute Gasteiger partial charge is 0.0685 e. The highest BCUT2D eigenvalue weighted by molar-refractivity contribution is 5.81. The van der Waals surface area contributed by atoms with Gasteiger partial charge in [-0.2, -0.15) is 5.10 Å². The van der Waals surface area contributed by atoms with Crippen molar-refractivity contribution in [2.45, 2.75) is 6.42 Å². The molecule has 0 bridgehead atoms. The van der Waals surface area contributed by atoms with E-state index in [1.165, 1.54) is 0 Å². The van der Waals surface area contributed by atoms with Gasteiger partial charge in [0.25, 0.3) is 0 Å². The van der Waals surface area contributed by atoms with Crippen molar-refractivity contribution in [3.05, 3.63) is 46.5 Å². The summed E-state index contributed by atoms with van der Waals surface area (Å²) in [6, 6.07) is 6.19. The van der Waals surface area contributed by atoms with Gasteiger partial charge in [-0.25, -0.2) is 0 Å². The van der Waals surface area contributed by atoms with Crippen molar-refractivity contribution in [2.75, 3.05) is 6.54 Å². The van der Waals surface area contributed by atoms with Crippen molar-refractivity contribution in [2.24, 2.45) is 12.2 Å². The Kier molecular flexibility index (Phi) is 3.43. The first-order valence-electron chi connectivity index (χ1n) is 5.40. The van der Waals surface area contributed by atoms with Gasteiger partial charge in [-0.3, -0.25) is 4.68 Å². The summed E-state index contributed by atoms with van der Waals surface area (Å²) in [6.45, 7) is 0.501. The second-order valence-corrected chi connectivity index (χ2v) is 3.73. The van der Waals surface area contributed by atoms with E-state index >= 15 is 0 Å². The molecular formula is C12H13N5. The molecule has 0 atom stereocenters. The van der Waals surface area contributed by atoms with Crippen molar-refractivity contribution >= 4 is 17.0 Å². The van der Waals surface area contributed by atoms with Gasteiger partial charge in [0, 0.05) is 23.9 Å². The number of nitrogens with zero attached hydrogens (tertiary/aromatic N) is 5. The summed E-state index contributed by atoms with van der Waals surface area (Å²) < 4.78 is 1.85. The van der Waals surface area contributed by atoms with Crippen LogP contribution in [-0.2, 0) is 7.05 Å². The second-order valence-electron chi connectivity index (χ2n) is 3.73. The number of aryl methyl sites for hydroxylation is 1. The molecule has 2 aromatic rings. The maximum atomic E-state index is 8.13. The fourth-order valence-electron chi connectivity index (χ4n) is 1.66. The topological polar surface area (TPSA) is 66.6 Å². The van der Waals surface area contributed by atoms with Crippen LogP contribution in [0, 0.1) is 0 Å². The molecule has 0 aliphatic carbocycles. The van der Waals surface area contributed by atoms with Crippen LogP contribution in [0.25, 0.3) is 27.4 Å². The van der Waals surface area contributed by atoms with Crippen molar-refractivity contribution in [1.29, 1.82) is 0 Å². The lowest BCUT2D eigenvalue weighted by atomic mass is 10.1. The van der Waals surface area contributed by atoms with Crippen LogP contribution in [0.4, 0.5) is 0 Å². The fourth-order valence-corrected chi connectivity index (χ4v) is 1.66. The maximum Gasteiger partial charge on any atom is 0.0685 e. The van der Waals surface area contributed by atoms with Crippen molar-refractivity contribution in [3.8, 4) is 0 Å². The second kappa shape index (κ2) is 5.18. The predicted octanol–water partition coefficient (Wildman–Crippen LogP) is 3.29. The van der Waals surface area contributed by atoms with E-state index in [1.54, 1.807) is 0 Å². The van der Waals surface area contributed by atoms with Crippen LogP contribution in [0.5, 0.6) is 0 Å². The first-order chi connectivity index (χ1) is 8.31. The van der Waals surface area contributed by atoms with Crippen LogP contribution in [0.1, 0.15) is 12.0 Å². The van der Waals surface area contributed by atoms with Gasteiger partial charge in [0.15, 0.2) is 0 Å². The number of aromatic nitrogens is 2. The van der Waals surface area contributed by atoms with Crippen molar-refractivity contribution in [3.63, 3.8) is 0 Å². The Labute approximate surface area is 99.0 Å². The zero-order valence-corrected chi connectivity index (χ0v) is 9.61. The normalized spacial score (nSPS) is 10.9. The third-order valence-electron chi connectivity index (χ3n) is 2.54. The molecule has 1 aromatic heterocycles. The largest absolute Gasteiger partial charge is 0.268 e. The Morgan fingerprint density at radius 1 is 1.53 bits per heavy atom. The molecule has 1 aromatic carbocycles. The molecule has 5 heteroatoms. The highest BCUT2D eigenvalue weighted by Crippen LogP contribution is 2.15. The average molecular weight is 227 g/mol. The van der Waals surface area contributed by atoms with Crippen LogP contribution in [0.15, 0.2) is 35.6 Å². The van der Waals surface area contributed by atoms with E-state index in [-0.39, 0.29) is 0 Å². The summed E-state index contributed by atoms with van der Waals surface area (Å²) in [5.74, 6) is 0. The zero-order valence-electron chi connectivity index (χ0n) is 9.61.